The summed E-state index contributed by atoms with van der Waals surface area (Å²) in [7, 11) is 0. The lowest BCUT2D eigenvalue weighted by atomic mass is 9.94. The van der Waals surface area contributed by atoms with Crippen LogP contribution in [0.4, 0.5) is 11.5 Å². The number of anilines is 2. The fourth-order valence-corrected chi connectivity index (χ4v) is 2.78. The average Bonchev–Trinajstić information content (AvgIpc) is 2.36. The highest BCUT2D eigenvalue weighted by molar-refractivity contribution is 6.29. The van der Waals surface area contributed by atoms with Gasteiger partial charge in [0.2, 0.25) is 0 Å². The van der Waals surface area contributed by atoms with E-state index in [0.717, 1.165) is 18.1 Å². The molecule has 4 heteroatoms. The Bertz CT molecular complexity index is 375. The first-order valence-corrected chi connectivity index (χ1v) is 6.79. The molecular weight excluding hydrogens is 234 g/mol. The van der Waals surface area contributed by atoms with Crippen LogP contribution in [-0.4, -0.2) is 17.6 Å². The van der Waals surface area contributed by atoms with Crippen LogP contribution >= 0.6 is 11.6 Å². The Morgan fingerprint density at radius 3 is 2.71 bits per heavy atom. The summed E-state index contributed by atoms with van der Waals surface area (Å²) in [6, 6.07) is 4.16. The minimum Gasteiger partial charge on any atom is -0.396 e. The van der Waals surface area contributed by atoms with Crippen molar-refractivity contribution >= 4 is 23.1 Å². The predicted molar refractivity (Wildman–Crippen MR) is 73.6 cm³/mol. The summed E-state index contributed by atoms with van der Waals surface area (Å²) in [6.45, 7) is 3.08. The van der Waals surface area contributed by atoms with Crippen LogP contribution in [0.25, 0.3) is 0 Å². The van der Waals surface area contributed by atoms with Crippen molar-refractivity contribution in [1.82, 2.24) is 4.98 Å². The lowest BCUT2D eigenvalue weighted by molar-refractivity contribution is 0.416. The quantitative estimate of drug-likeness (QED) is 0.839. The van der Waals surface area contributed by atoms with Crippen molar-refractivity contribution in [2.24, 2.45) is 0 Å². The summed E-state index contributed by atoms with van der Waals surface area (Å²) in [5, 5.41) is 0.517. The number of halogens is 1. The van der Waals surface area contributed by atoms with E-state index in [2.05, 4.69) is 16.8 Å². The van der Waals surface area contributed by atoms with Crippen LogP contribution in [0, 0.1) is 0 Å². The summed E-state index contributed by atoms with van der Waals surface area (Å²) in [6.07, 6.45) is 6.44. The molecule has 94 valence electrons. The topological polar surface area (TPSA) is 42.2 Å². The second-order valence-corrected chi connectivity index (χ2v) is 5.01. The Hall–Kier alpha value is -0.960. The highest BCUT2D eigenvalue weighted by atomic mass is 35.5. The van der Waals surface area contributed by atoms with Gasteiger partial charge in [0, 0.05) is 12.6 Å². The first-order valence-electron chi connectivity index (χ1n) is 6.41. The number of pyridine rings is 1. The van der Waals surface area contributed by atoms with Crippen molar-refractivity contribution in [2.45, 2.75) is 45.1 Å². The molecule has 0 unspecified atom stereocenters. The minimum atomic E-state index is 0.517. The molecule has 0 bridgehead atoms. The van der Waals surface area contributed by atoms with E-state index in [1.54, 1.807) is 6.07 Å². The summed E-state index contributed by atoms with van der Waals surface area (Å²) in [4.78, 5) is 6.69. The molecule has 1 fully saturated rings. The van der Waals surface area contributed by atoms with Gasteiger partial charge in [0.25, 0.3) is 0 Å². The molecule has 2 rings (SSSR count). The first-order chi connectivity index (χ1) is 8.22. The largest absolute Gasteiger partial charge is 0.396 e. The third kappa shape index (κ3) is 2.83. The zero-order valence-corrected chi connectivity index (χ0v) is 11.1. The van der Waals surface area contributed by atoms with Crippen molar-refractivity contribution in [3.05, 3.63) is 17.3 Å². The number of nitrogens with two attached hydrogens (primary N) is 1. The summed E-state index contributed by atoms with van der Waals surface area (Å²) < 4.78 is 0. The number of hydrogen-bond acceptors (Lipinski definition) is 3. The van der Waals surface area contributed by atoms with E-state index in [1.807, 2.05) is 6.07 Å². The number of rotatable bonds is 3. The van der Waals surface area contributed by atoms with Gasteiger partial charge in [-0.25, -0.2) is 4.98 Å². The van der Waals surface area contributed by atoms with Crippen molar-refractivity contribution < 1.29 is 0 Å². The lowest BCUT2D eigenvalue weighted by Gasteiger charge is -2.35. The molecular formula is C13H20ClN3. The van der Waals surface area contributed by atoms with Gasteiger partial charge < -0.3 is 10.6 Å². The van der Waals surface area contributed by atoms with Crippen LogP contribution in [0.5, 0.6) is 0 Å². The van der Waals surface area contributed by atoms with Crippen molar-refractivity contribution in [1.29, 1.82) is 0 Å². The van der Waals surface area contributed by atoms with E-state index in [1.165, 1.54) is 32.1 Å². The van der Waals surface area contributed by atoms with Gasteiger partial charge in [0.15, 0.2) is 5.82 Å². The Balaban J connectivity index is 2.24. The molecule has 1 aromatic rings. The molecule has 1 aliphatic rings. The Labute approximate surface area is 108 Å². The standard InChI is InChI=1S/C13H20ClN3/c1-2-17(10-6-4-3-5-7-10)13-11(15)8-9-12(14)16-13/h8-10H,2-7,15H2,1H3. The second kappa shape index (κ2) is 5.58. The lowest BCUT2D eigenvalue weighted by Crippen LogP contribution is -2.37. The van der Waals surface area contributed by atoms with Crippen molar-refractivity contribution in [3.63, 3.8) is 0 Å². The molecule has 0 aromatic carbocycles. The molecule has 3 nitrogen and oxygen atoms in total. The van der Waals surface area contributed by atoms with Crippen LogP contribution in [0.2, 0.25) is 5.15 Å². The number of aromatic nitrogens is 1. The molecule has 1 saturated carbocycles. The van der Waals surface area contributed by atoms with Crippen LogP contribution in [0.3, 0.4) is 0 Å². The van der Waals surface area contributed by atoms with Gasteiger partial charge in [0.1, 0.15) is 5.15 Å². The predicted octanol–water partition coefficient (Wildman–Crippen LogP) is 3.48. The molecule has 0 amide bonds. The van der Waals surface area contributed by atoms with Gasteiger partial charge in [0.05, 0.1) is 5.69 Å². The first kappa shape index (κ1) is 12.5. The number of hydrogen-bond donors (Lipinski definition) is 1. The second-order valence-electron chi connectivity index (χ2n) is 4.62. The van der Waals surface area contributed by atoms with E-state index in [9.17, 15) is 0 Å². The highest BCUT2D eigenvalue weighted by Crippen LogP contribution is 2.30. The van der Waals surface area contributed by atoms with Gasteiger partial charge in [-0.3, -0.25) is 0 Å². The third-order valence-corrected chi connectivity index (χ3v) is 3.71. The molecule has 2 N–H and O–H groups in total. The maximum Gasteiger partial charge on any atom is 0.153 e. The molecule has 17 heavy (non-hydrogen) atoms. The molecule has 0 atom stereocenters. The summed E-state index contributed by atoms with van der Waals surface area (Å²) in [5.41, 5.74) is 6.73. The van der Waals surface area contributed by atoms with Crippen LogP contribution in [0.15, 0.2) is 12.1 Å². The molecule has 0 aliphatic heterocycles. The maximum atomic E-state index is 6.01. The summed E-state index contributed by atoms with van der Waals surface area (Å²) >= 11 is 5.96. The maximum absolute atomic E-state index is 6.01. The highest BCUT2D eigenvalue weighted by Gasteiger charge is 2.22. The van der Waals surface area contributed by atoms with Gasteiger partial charge >= 0.3 is 0 Å². The van der Waals surface area contributed by atoms with Crippen LogP contribution < -0.4 is 10.6 Å². The zero-order chi connectivity index (χ0) is 12.3. The van der Waals surface area contributed by atoms with Gasteiger partial charge in [-0.1, -0.05) is 30.9 Å². The smallest absolute Gasteiger partial charge is 0.153 e. The van der Waals surface area contributed by atoms with Gasteiger partial charge in [-0.15, -0.1) is 0 Å². The average molecular weight is 254 g/mol. The molecule has 1 aromatic heterocycles. The van der Waals surface area contributed by atoms with Crippen LogP contribution in [0.1, 0.15) is 39.0 Å². The Morgan fingerprint density at radius 1 is 1.35 bits per heavy atom. The number of nitrogens with zero attached hydrogens (tertiary/aromatic N) is 2. The fraction of sp³-hybridized carbons (Fsp3) is 0.615. The molecule has 1 heterocycles. The van der Waals surface area contributed by atoms with Gasteiger partial charge in [-0.2, -0.15) is 0 Å². The Kier molecular flexibility index (Phi) is 4.11. The summed E-state index contributed by atoms with van der Waals surface area (Å²) in [5.74, 6) is 0.854. The van der Waals surface area contributed by atoms with E-state index < -0.39 is 0 Å². The molecule has 0 saturated heterocycles. The minimum absolute atomic E-state index is 0.517. The Morgan fingerprint density at radius 2 is 2.06 bits per heavy atom. The third-order valence-electron chi connectivity index (χ3n) is 3.50. The normalized spacial score (nSPS) is 17.1. The fourth-order valence-electron chi connectivity index (χ4n) is 2.64. The van der Waals surface area contributed by atoms with Crippen LogP contribution in [-0.2, 0) is 0 Å². The molecule has 0 radical (unpaired) electrons. The van der Waals surface area contributed by atoms with Crippen molar-refractivity contribution in [3.8, 4) is 0 Å². The molecule has 0 spiro atoms. The van der Waals surface area contributed by atoms with E-state index in [0.29, 0.717) is 11.2 Å². The monoisotopic (exact) mass is 253 g/mol. The SMILES string of the molecule is CCN(c1nc(Cl)ccc1N)C1CCCCC1. The zero-order valence-electron chi connectivity index (χ0n) is 10.3. The van der Waals surface area contributed by atoms with E-state index in [4.69, 9.17) is 17.3 Å². The number of nitrogen functional groups attached to an aromatic ring is 1. The van der Waals surface area contributed by atoms with Gasteiger partial charge in [-0.05, 0) is 31.9 Å². The molecule has 1 aliphatic carbocycles. The van der Waals surface area contributed by atoms with E-state index >= 15 is 0 Å². The van der Waals surface area contributed by atoms with Crippen molar-refractivity contribution in [2.75, 3.05) is 17.2 Å². The van der Waals surface area contributed by atoms with E-state index in [-0.39, 0.29) is 0 Å².